The van der Waals surface area contributed by atoms with Gasteiger partial charge in [0.05, 0.1) is 12.2 Å². The molecule has 0 aliphatic rings. The summed E-state index contributed by atoms with van der Waals surface area (Å²) in [6.45, 7) is 1.27. The third-order valence-electron chi connectivity index (χ3n) is 1.87. The van der Waals surface area contributed by atoms with Crippen LogP contribution in [0.2, 0.25) is 0 Å². The van der Waals surface area contributed by atoms with Gasteiger partial charge in [-0.3, -0.25) is 0 Å². The molecule has 0 amide bonds. The molecule has 2 N–H and O–H groups in total. The molecule has 0 aliphatic carbocycles. The van der Waals surface area contributed by atoms with E-state index in [1.54, 1.807) is 18.2 Å². The van der Waals surface area contributed by atoms with Crippen molar-refractivity contribution in [3.05, 3.63) is 35.4 Å². The van der Waals surface area contributed by atoms with Crippen molar-refractivity contribution in [2.45, 2.75) is 13.0 Å². The number of benzene rings is 1. The number of ether oxygens (including phenoxy) is 1. The van der Waals surface area contributed by atoms with Crippen molar-refractivity contribution in [2.24, 2.45) is 0 Å². The fraction of sp³-hybridized carbons (Fsp3) is 0.364. The van der Waals surface area contributed by atoms with Gasteiger partial charge >= 0.3 is 5.97 Å². The van der Waals surface area contributed by atoms with Crippen molar-refractivity contribution in [1.82, 2.24) is 0 Å². The number of carbonyl (C=O) groups is 1. The summed E-state index contributed by atoms with van der Waals surface area (Å²) in [5.74, 6) is -0.494. The Balaban J connectivity index is 2.54. The molecular weight excluding hydrogens is 196 g/mol. The molecule has 0 fully saturated rings. The second kappa shape index (κ2) is 5.48. The zero-order chi connectivity index (χ0) is 11.3. The highest BCUT2D eigenvalue weighted by Gasteiger charge is 2.09. The van der Waals surface area contributed by atoms with Gasteiger partial charge in [-0.2, -0.15) is 0 Å². The molecule has 82 valence electrons. The molecular formula is C11H14O4. The molecule has 0 aliphatic heterocycles. The maximum absolute atomic E-state index is 11.4. The fourth-order valence-electron chi connectivity index (χ4n) is 1.08. The number of carbonyl (C=O) groups excluding carboxylic acids is 1. The van der Waals surface area contributed by atoms with Crippen molar-refractivity contribution in [1.29, 1.82) is 0 Å². The minimum absolute atomic E-state index is 0.191. The smallest absolute Gasteiger partial charge is 0.338 e. The zero-order valence-electron chi connectivity index (χ0n) is 8.51. The highest BCUT2D eigenvalue weighted by Crippen LogP contribution is 2.05. The van der Waals surface area contributed by atoms with E-state index < -0.39 is 18.7 Å². The van der Waals surface area contributed by atoms with Gasteiger partial charge in [0.1, 0.15) is 12.7 Å². The van der Waals surface area contributed by atoms with Gasteiger partial charge in [-0.05, 0) is 19.1 Å². The van der Waals surface area contributed by atoms with Crippen molar-refractivity contribution >= 4 is 5.97 Å². The standard InChI is InChI=1S/C11H14O4/c1-8-3-2-4-9(5-8)11(14)15-7-10(13)6-12/h2-5,10,12-13H,6-7H2,1H3. The summed E-state index contributed by atoms with van der Waals surface area (Å²) in [5.41, 5.74) is 1.41. The molecule has 0 bridgehead atoms. The van der Waals surface area contributed by atoms with Crippen LogP contribution in [0.25, 0.3) is 0 Å². The van der Waals surface area contributed by atoms with Crippen molar-refractivity contribution < 1.29 is 19.7 Å². The van der Waals surface area contributed by atoms with Crippen LogP contribution < -0.4 is 0 Å². The normalized spacial score (nSPS) is 12.2. The van der Waals surface area contributed by atoms with E-state index in [2.05, 4.69) is 0 Å². The van der Waals surface area contributed by atoms with E-state index in [4.69, 9.17) is 14.9 Å². The van der Waals surface area contributed by atoms with Gasteiger partial charge in [-0.25, -0.2) is 4.79 Å². The van der Waals surface area contributed by atoms with Gasteiger partial charge in [0.2, 0.25) is 0 Å². The van der Waals surface area contributed by atoms with E-state index in [0.717, 1.165) is 5.56 Å². The van der Waals surface area contributed by atoms with Crippen LogP contribution in [-0.2, 0) is 4.74 Å². The predicted octanol–water partition coefficient (Wildman–Crippen LogP) is 0.505. The fourth-order valence-corrected chi connectivity index (χ4v) is 1.08. The average Bonchev–Trinajstić information content (AvgIpc) is 2.25. The van der Waals surface area contributed by atoms with E-state index in [1.165, 1.54) is 0 Å². The van der Waals surface area contributed by atoms with Crippen LogP contribution in [0.4, 0.5) is 0 Å². The first-order valence-electron chi connectivity index (χ1n) is 4.66. The average molecular weight is 210 g/mol. The van der Waals surface area contributed by atoms with Crippen LogP contribution in [0.3, 0.4) is 0 Å². The van der Waals surface area contributed by atoms with E-state index in [0.29, 0.717) is 5.56 Å². The molecule has 0 spiro atoms. The second-order valence-corrected chi connectivity index (χ2v) is 3.30. The van der Waals surface area contributed by atoms with Crippen molar-refractivity contribution in [2.75, 3.05) is 13.2 Å². The van der Waals surface area contributed by atoms with Gasteiger partial charge in [0.25, 0.3) is 0 Å². The topological polar surface area (TPSA) is 66.8 Å². The summed E-state index contributed by atoms with van der Waals surface area (Å²) in [5, 5.41) is 17.5. The molecule has 1 rings (SSSR count). The van der Waals surface area contributed by atoms with E-state index >= 15 is 0 Å². The van der Waals surface area contributed by atoms with Gasteiger partial charge in [-0.1, -0.05) is 17.7 Å². The first-order chi connectivity index (χ1) is 7.13. The van der Waals surface area contributed by atoms with Crippen LogP contribution in [0.1, 0.15) is 15.9 Å². The number of aryl methyl sites for hydroxylation is 1. The number of rotatable bonds is 4. The first kappa shape index (κ1) is 11.7. The number of hydrogen-bond acceptors (Lipinski definition) is 4. The summed E-state index contributed by atoms with van der Waals surface area (Å²) in [4.78, 5) is 11.4. The van der Waals surface area contributed by atoms with E-state index in [1.807, 2.05) is 13.0 Å². The summed E-state index contributed by atoms with van der Waals surface area (Å²) in [6, 6.07) is 6.97. The third-order valence-corrected chi connectivity index (χ3v) is 1.87. The number of aliphatic hydroxyl groups is 2. The van der Waals surface area contributed by atoms with Gasteiger partial charge in [-0.15, -0.1) is 0 Å². The largest absolute Gasteiger partial charge is 0.459 e. The minimum Gasteiger partial charge on any atom is -0.459 e. The molecule has 15 heavy (non-hydrogen) atoms. The highest BCUT2D eigenvalue weighted by molar-refractivity contribution is 5.89. The molecule has 0 aromatic heterocycles. The monoisotopic (exact) mass is 210 g/mol. The minimum atomic E-state index is -1.02. The lowest BCUT2D eigenvalue weighted by atomic mass is 10.1. The number of aliphatic hydroxyl groups excluding tert-OH is 2. The lowest BCUT2D eigenvalue weighted by molar-refractivity contribution is 0.00932. The molecule has 1 atom stereocenters. The zero-order valence-corrected chi connectivity index (χ0v) is 8.51. The molecule has 4 heteroatoms. The summed E-state index contributed by atoms with van der Waals surface area (Å²) >= 11 is 0. The highest BCUT2D eigenvalue weighted by atomic mass is 16.5. The van der Waals surface area contributed by atoms with E-state index in [-0.39, 0.29) is 6.61 Å². The lowest BCUT2D eigenvalue weighted by Crippen LogP contribution is -2.21. The lowest BCUT2D eigenvalue weighted by Gasteiger charge is -2.08. The van der Waals surface area contributed by atoms with Crippen LogP contribution in [0, 0.1) is 6.92 Å². The van der Waals surface area contributed by atoms with Gasteiger partial charge in [0, 0.05) is 0 Å². The Morgan fingerprint density at radius 3 is 2.87 bits per heavy atom. The Morgan fingerprint density at radius 1 is 1.53 bits per heavy atom. The quantitative estimate of drug-likeness (QED) is 0.710. The van der Waals surface area contributed by atoms with Crippen LogP contribution in [0.5, 0.6) is 0 Å². The molecule has 1 aromatic rings. The Hall–Kier alpha value is -1.39. The van der Waals surface area contributed by atoms with Gasteiger partial charge < -0.3 is 14.9 Å². The molecule has 0 saturated heterocycles. The molecule has 4 nitrogen and oxygen atoms in total. The predicted molar refractivity (Wildman–Crippen MR) is 54.6 cm³/mol. The van der Waals surface area contributed by atoms with Crippen LogP contribution in [0.15, 0.2) is 24.3 Å². The van der Waals surface area contributed by atoms with Crippen molar-refractivity contribution in [3.8, 4) is 0 Å². The first-order valence-corrected chi connectivity index (χ1v) is 4.66. The Labute approximate surface area is 88.1 Å². The summed E-state index contributed by atoms with van der Waals surface area (Å²) in [6.07, 6.45) is -1.02. The molecule has 0 radical (unpaired) electrons. The van der Waals surface area contributed by atoms with E-state index in [9.17, 15) is 4.79 Å². The Bertz CT molecular complexity index is 335. The SMILES string of the molecule is Cc1cccc(C(=O)OCC(O)CO)c1. The number of hydrogen-bond donors (Lipinski definition) is 2. The molecule has 0 saturated carbocycles. The maximum atomic E-state index is 11.4. The molecule has 0 heterocycles. The summed E-state index contributed by atoms with van der Waals surface area (Å²) in [7, 11) is 0. The third kappa shape index (κ3) is 3.69. The van der Waals surface area contributed by atoms with Crippen LogP contribution in [-0.4, -0.2) is 35.5 Å². The Morgan fingerprint density at radius 2 is 2.27 bits per heavy atom. The molecule has 1 aromatic carbocycles. The van der Waals surface area contributed by atoms with Crippen LogP contribution >= 0.6 is 0 Å². The Kier molecular flexibility index (Phi) is 4.27. The second-order valence-electron chi connectivity index (χ2n) is 3.30. The molecule has 1 unspecified atom stereocenters. The van der Waals surface area contributed by atoms with Gasteiger partial charge in [0.15, 0.2) is 0 Å². The number of esters is 1. The summed E-state index contributed by atoms with van der Waals surface area (Å²) < 4.78 is 4.79. The maximum Gasteiger partial charge on any atom is 0.338 e. The van der Waals surface area contributed by atoms with Crippen molar-refractivity contribution in [3.63, 3.8) is 0 Å².